The first-order valence-corrected chi connectivity index (χ1v) is 9.77. The van der Waals surface area contributed by atoms with Crippen molar-refractivity contribution < 1.29 is 13.7 Å². The number of fused-ring (bicyclic) bond motifs is 1. The van der Waals surface area contributed by atoms with Crippen molar-refractivity contribution in [3.05, 3.63) is 93.9 Å². The number of nitrogens with zero attached hydrogens (tertiary/aromatic N) is 2. The SMILES string of the molecule is Cc1cc2nc(CSc3ccccc3NC(=O)c3ccccc3F)cc(=O)n2o1. The summed E-state index contributed by atoms with van der Waals surface area (Å²) in [6, 6.07) is 16.1. The van der Waals surface area contributed by atoms with E-state index in [1.165, 1.54) is 36.0 Å². The molecule has 0 aliphatic carbocycles. The zero-order valence-electron chi connectivity index (χ0n) is 15.4. The lowest BCUT2D eigenvalue weighted by Crippen LogP contribution is -2.14. The fourth-order valence-electron chi connectivity index (χ4n) is 2.83. The van der Waals surface area contributed by atoms with Crippen molar-refractivity contribution >= 4 is 29.0 Å². The Morgan fingerprint density at radius 1 is 1.17 bits per heavy atom. The van der Waals surface area contributed by atoms with Crippen LogP contribution in [0.3, 0.4) is 0 Å². The summed E-state index contributed by atoms with van der Waals surface area (Å²) in [6.07, 6.45) is 0. The molecule has 2 aromatic heterocycles. The summed E-state index contributed by atoms with van der Waals surface area (Å²) in [5.74, 6) is -0.0883. The maximum absolute atomic E-state index is 13.9. The maximum Gasteiger partial charge on any atom is 0.287 e. The second-order valence-corrected chi connectivity index (χ2v) is 7.32. The Balaban J connectivity index is 1.54. The topological polar surface area (TPSA) is 76.6 Å². The van der Waals surface area contributed by atoms with E-state index in [0.717, 1.165) is 9.47 Å². The Hall–Kier alpha value is -3.39. The van der Waals surface area contributed by atoms with Gasteiger partial charge in [-0.1, -0.05) is 24.3 Å². The van der Waals surface area contributed by atoms with Crippen LogP contribution >= 0.6 is 11.8 Å². The molecule has 1 amide bonds. The molecule has 6 nitrogen and oxygen atoms in total. The van der Waals surface area contributed by atoms with Gasteiger partial charge in [-0.3, -0.25) is 9.59 Å². The summed E-state index contributed by atoms with van der Waals surface area (Å²) in [7, 11) is 0. The van der Waals surface area contributed by atoms with Crippen molar-refractivity contribution in [3.63, 3.8) is 0 Å². The molecule has 0 bridgehead atoms. The number of amides is 1. The van der Waals surface area contributed by atoms with Gasteiger partial charge in [0.25, 0.3) is 11.5 Å². The molecule has 8 heteroatoms. The summed E-state index contributed by atoms with van der Waals surface area (Å²) < 4.78 is 20.3. The molecule has 0 aliphatic rings. The van der Waals surface area contributed by atoms with Crippen LogP contribution in [0.5, 0.6) is 0 Å². The average Bonchev–Trinajstić information content (AvgIpc) is 3.08. The summed E-state index contributed by atoms with van der Waals surface area (Å²) in [5, 5.41) is 2.75. The number of anilines is 1. The number of para-hydroxylation sites is 1. The van der Waals surface area contributed by atoms with Crippen LogP contribution in [-0.2, 0) is 5.75 Å². The lowest BCUT2D eigenvalue weighted by atomic mass is 10.2. The molecule has 0 spiro atoms. The Kier molecular flexibility index (Phi) is 5.18. The second-order valence-electron chi connectivity index (χ2n) is 6.30. The van der Waals surface area contributed by atoms with Crippen molar-refractivity contribution in [2.24, 2.45) is 0 Å². The van der Waals surface area contributed by atoms with Gasteiger partial charge in [0.05, 0.1) is 16.9 Å². The minimum absolute atomic E-state index is 0.0252. The van der Waals surface area contributed by atoms with Crippen molar-refractivity contribution in [1.29, 1.82) is 0 Å². The van der Waals surface area contributed by atoms with Crippen LogP contribution in [0, 0.1) is 12.7 Å². The lowest BCUT2D eigenvalue weighted by Gasteiger charge is -2.11. The molecular weight excluding hydrogens is 393 g/mol. The number of hydrogen-bond acceptors (Lipinski definition) is 5. The molecule has 1 N–H and O–H groups in total. The standard InChI is InChI=1S/C21H16FN3O3S/c1-13-10-19-23-14(11-20(26)25(19)28-13)12-29-18-9-5-4-8-17(18)24-21(27)15-6-2-3-7-16(15)22/h2-11H,12H2,1H3,(H,24,27). The number of rotatable bonds is 5. The monoisotopic (exact) mass is 409 g/mol. The minimum Gasteiger partial charge on any atom is -0.375 e. The van der Waals surface area contributed by atoms with E-state index in [2.05, 4.69) is 10.3 Å². The van der Waals surface area contributed by atoms with Gasteiger partial charge >= 0.3 is 0 Å². The quantitative estimate of drug-likeness (QED) is 0.498. The van der Waals surface area contributed by atoms with Crippen LogP contribution in [0.2, 0.25) is 0 Å². The van der Waals surface area contributed by atoms with Crippen LogP contribution < -0.4 is 10.9 Å². The molecular formula is C21H16FN3O3S. The highest BCUT2D eigenvalue weighted by Crippen LogP contribution is 2.30. The number of halogens is 1. The molecule has 0 radical (unpaired) electrons. The van der Waals surface area contributed by atoms with Crippen LogP contribution in [0.25, 0.3) is 5.65 Å². The molecule has 0 aliphatic heterocycles. The number of hydrogen-bond donors (Lipinski definition) is 1. The smallest absolute Gasteiger partial charge is 0.287 e. The lowest BCUT2D eigenvalue weighted by molar-refractivity contribution is 0.102. The Bertz CT molecular complexity index is 1270. The number of thioether (sulfide) groups is 1. The van der Waals surface area contributed by atoms with Crippen LogP contribution in [0.1, 0.15) is 21.8 Å². The van der Waals surface area contributed by atoms with E-state index >= 15 is 0 Å². The molecule has 2 aromatic carbocycles. The molecule has 4 aromatic rings. The molecule has 4 rings (SSSR count). The minimum atomic E-state index is -0.580. The Morgan fingerprint density at radius 3 is 2.76 bits per heavy atom. The highest BCUT2D eigenvalue weighted by Gasteiger charge is 2.14. The largest absolute Gasteiger partial charge is 0.375 e. The van der Waals surface area contributed by atoms with Crippen molar-refractivity contribution in [2.45, 2.75) is 17.6 Å². The number of aromatic nitrogens is 2. The first-order chi connectivity index (χ1) is 14.0. The van der Waals surface area contributed by atoms with E-state index in [1.54, 1.807) is 31.2 Å². The van der Waals surface area contributed by atoms with Gasteiger partial charge in [0.1, 0.15) is 11.6 Å². The first-order valence-electron chi connectivity index (χ1n) is 8.78. The predicted molar refractivity (Wildman–Crippen MR) is 109 cm³/mol. The van der Waals surface area contributed by atoms with E-state index < -0.39 is 11.7 Å². The zero-order chi connectivity index (χ0) is 20.4. The predicted octanol–water partition coefficient (Wildman–Crippen LogP) is 4.28. The van der Waals surface area contributed by atoms with Gasteiger partial charge in [-0.15, -0.1) is 16.3 Å². The van der Waals surface area contributed by atoms with Gasteiger partial charge < -0.3 is 9.84 Å². The molecule has 0 fully saturated rings. The van der Waals surface area contributed by atoms with Gasteiger partial charge in [-0.05, 0) is 31.2 Å². The van der Waals surface area contributed by atoms with E-state index in [4.69, 9.17) is 4.52 Å². The highest BCUT2D eigenvalue weighted by molar-refractivity contribution is 7.98. The fourth-order valence-corrected chi connectivity index (χ4v) is 3.73. The maximum atomic E-state index is 13.9. The molecule has 146 valence electrons. The number of carbonyl (C=O) groups is 1. The van der Waals surface area contributed by atoms with Crippen LogP contribution in [-0.4, -0.2) is 15.5 Å². The van der Waals surface area contributed by atoms with Crippen molar-refractivity contribution in [3.8, 4) is 0 Å². The Labute approximate surface area is 169 Å². The zero-order valence-corrected chi connectivity index (χ0v) is 16.2. The van der Waals surface area contributed by atoms with Crippen LogP contribution in [0.15, 0.2) is 74.9 Å². The molecule has 29 heavy (non-hydrogen) atoms. The molecule has 2 heterocycles. The van der Waals surface area contributed by atoms with Gasteiger partial charge in [0.15, 0.2) is 5.65 Å². The van der Waals surface area contributed by atoms with Crippen LogP contribution in [0.4, 0.5) is 10.1 Å². The summed E-state index contributed by atoms with van der Waals surface area (Å²) in [6.45, 7) is 1.75. The summed E-state index contributed by atoms with van der Waals surface area (Å²) in [4.78, 5) is 29.8. The third-order valence-corrected chi connectivity index (χ3v) is 5.26. The third kappa shape index (κ3) is 4.07. The first kappa shape index (κ1) is 18.9. The van der Waals surface area contributed by atoms with Crippen molar-refractivity contribution in [1.82, 2.24) is 9.56 Å². The van der Waals surface area contributed by atoms with E-state index in [0.29, 0.717) is 28.5 Å². The van der Waals surface area contributed by atoms with Gasteiger partial charge in [-0.2, -0.15) is 0 Å². The summed E-state index contributed by atoms with van der Waals surface area (Å²) >= 11 is 1.42. The number of carbonyl (C=O) groups excluding carboxylic acids is 1. The normalized spacial score (nSPS) is 11.0. The number of aryl methyl sites for hydroxylation is 1. The van der Waals surface area contributed by atoms with E-state index in [1.807, 2.05) is 12.1 Å². The average molecular weight is 409 g/mol. The van der Waals surface area contributed by atoms with E-state index in [-0.39, 0.29) is 11.1 Å². The van der Waals surface area contributed by atoms with Crippen molar-refractivity contribution in [2.75, 3.05) is 5.32 Å². The van der Waals surface area contributed by atoms with Gasteiger partial charge in [0.2, 0.25) is 0 Å². The molecule has 0 unspecified atom stereocenters. The molecule has 0 saturated heterocycles. The second kappa shape index (κ2) is 7.92. The summed E-state index contributed by atoms with van der Waals surface area (Å²) in [5.41, 5.74) is 1.29. The highest BCUT2D eigenvalue weighted by atomic mass is 32.2. The fraction of sp³-hybridized carbons (Fsp3) is 0.0952. The number of benzene rings is 2. The van der Waals surface area contributed by atoms with Gasteiger partial charge in [0, 0.05) is 22.8 Å². The van der Waals surface area contributed by atoms with E-state index in [9.17, 15) is 14.0 Å². The third-order valence-electron chi connectivity index (χ3n) is 4.15. The van der Waals surface area contributed by atoms with Gasteiger partial charge in [-0.25, -0.2) is 9.37 Å². The molecule has 0 atom stereocenters. The molecule has 0 saturated carbocycles. The Morgan fingerprint density at radius 2 is 1.93 bits per heavy atom. The number of nitrogens with one attached hydrogen (secondary N) is 1.